The van der Waals surface area contributed by atoms with Crippen molar-refractivity contribution < 1.29 is 39.8 Å². The molecule has 1 rings (SSSR count). The normalized spacial score (nSPS) is 21.3. The lowest BCUT2D eigenvalue weighted by atomic mass is 9.99. The summed E-state index contributed by atoms with van der Waals surface area (Å²) in [6, 6.07) is -0.804. The number of hydrogen-bond acceptors (Lipinski definition) is 8. The maximum Gasteiger partial charge on any atom is 0.220 e. The van der Waals surface area contributed by atoms with Gasteiger partial charge in [-0.15, -0.1) is 0 Å². The highest BCUT2D eigenvalue weighted by molar-refractivity contribution is 5.76. The van der Waals surface area contributed by atoms with E-state index in [1.165, 1.54) is 141 Å². The first-order valence-corrected chi connectivity index (χ1v) is 23.7. The van der Waals surface area contributed by atoms with Crippen molar-refractivity contribution in [1.29, 1.82) is 0 Å². The van der Waals surface area contributed by atoms with E-state index in [-0.39, 0.29) is 12.5 Å². The van der Waals surface area contributed by atoms with Gasteiger partial charge in [-0.1, -0.05) is 185 Å². The fraction of sp³-hybridized carbons (Fsp3) is 0.854. The number of hydrogen-bond donors (Lipinski definition) is 6. The molecule has 1 aliphatic heterocycles. The van der Waals surface area contributed by atoms with E-state index in [9.17, 15) is 30.3 Å². The zero-order chi connectivity index (χ0) is 41.6. The van der Waals surface area contributed by atoms with Crippen LogP contribution in [-0.2, 0) is 14.3 Å². The molecule has 1 saturated heterocycles. The van der Waals surface area contributed by atoms with Crippen LogP contribution in [0, 0.1) is 0 Å². The van der Waals surface area contributed by atoms with Crippen molar-refractivity contribution in [2.24, 2.45) is 0 Å². The first kappa shape index (κ1) is 53.4. The molecule has 1 heterocycles. The van der Waals surface area contributed by atoms with Crippen LogP contribution in [0.3, 0.4) is 0 Å². The van der Waals surface area contributed by atoms with Crippen LogP contribution in [0.15, 0.2) is 36.5 Å². The summed E-state index contributed by atoms with van der Waals surface area (Å²) in [7, 11) is 0. The van der Waals surface area contributed by atoms with Crippen LogP contribution >= 0.6 is 0 Å². The van der Waals surface area contributed by atoms with Gasteiger partial charge in [-0.3, -0.25) is 4.79 Å². The number of amides is 1. The summed E-state index contributed by atoms with van der Waals surface area (Å²) in [5, 5.41) is 54.0. The quantitative estimate of drug-likeness (QED) is 0.0266. The molecule has 0 aromatic carbocycles. The molecule has 6 N–H and O–H groups in total. The van der Waals surface area contributed by atoms with Crippen molar-refractivity contribution in [2.75, 3.05) is 13.2 Å². The number of aliphatic hydroxyl groups excluding tert-OH is 5. The van der Waals surface area contributed by atoms with E-state index in [2.05, 4.69) is 43.5 Å². The first-order valence-electron chi connectivity index (χ1n) is 23.7. The van der Waals surface area contributed by atoms with Crippen LogP contribution in [0.2, 0.25) is 0 Å². The smallest absolute Gasteiger partial charge is 0.220 e. The Morgan fingerprint density at radius 1 is 0.596 bits per heavy atom. The summed E-state index contributed by atoms with van der Waals surface area (Å²) in [5.74, 6) is -0.184. The molecule has 334 valence electrons. The van der Waals surface area contributed by atoms with E-state index in [0.29, 0.717) is 6.42 Å². The van der Waals surface area contributed by atoms with Gasteiger partial charge in [-0.25, -0.2) is 0 Å². The first-order chi connectivity index (χ1) is 27.8. The second-order valence-electron chi connectivity index (χ2n) is 16.5. The molecule has 1 fully saturated rings. The summed E-state index contributed by atoms with van der Waals surface area (Å²) in [6.45, 7) is 3.73. The fourth-order valence-corrected chi connectivity index (χ4v) is 7.36. The SMILES string of the molecule is CCCCCCCCC/C=C/C(O)C(COC1OC(CO)C(O)C(O)C1O)NC(=O)CCCCCCCCCCC/C=C\C/C=C\CCCCCCCCCCC. The Labute approximate surface area is 349 Å². The molecule has 0 radical (unpaired) electrons. The number of allylic oxidation sites excluding steroid dienone is 5. The molecule has 1 aliphatic rings. The number of unbranched alkanes of at least 4 members (excludes halogenated alkanes) is 25. The Kier molecular flexibility index (Phi) is 36.2. The highest BCUT2D eigenvalue weighted by Gasteiger charge is 2.44. The highest BCUT2D eigenvalue weighted by atomic mass is 16.7. The van der Waals surface area contributed by atoms with Gasteiger partial charge in [0.2, 0.25) is 5.91 Å². The topological polar surface area (TPSA) is 149 Å². The Morgan fingerprint density at radius 3 is 1.51 bits per heavy atom. The molecule has 0 saturated carbocycles. The summed E-state index contributed by atoms with van der Waals surface area (Å²) >= 11 is 0. The minimum absolute atomic E-state index is 0.184. The minimum atomic E-state index is -1.57. The lowest BCUT2D eigenvalue weighted by Crippen LogP contribution is -2.60. The zero-order valence-electron chi connectivity index (χ0n) is 36.6. The molecule has 7 atom stereocenters. The van der Waals surface area contributed by atoms with Crippen LogP contribution in [-0.4, -0.2) is 87.5 Å². The summed E-state index contributed by atoms with van der Waals surface area (Å²) in [6.07, 6.45) is 40.6. The molecule has 57 heavy (non-hydrogen) atoms. The monoisotopic (exact) mass is 808 g/mol. The molecule has 9 heteroatoms. The van der Waals surface area contributed by atoms with Gasteiger partial charge in [-0.2, -0.15) is 0 Å². The van der Waals surface area contributed by atoms with Gasteiger partial charge in [0.25, 0.3) is 0 Å². The predicted molar refractivity (Wildman–Crippen MR) is 235 cm³/mol. The fourth-order valence-electron chi connectivity index (χ4n) is 7.36. The average Bonchev–Trinajstić information content (AvgIpc) is 3.21. The van der Waals surface area contributed by atoms with Gasteiger partial charge in [0, 0.05) is 6.42 Å². The molecule has 7 unspecified atom stereocenters. The molecule has 1 amide bonds. The number of rotatable bonds is 39. The van der Waals surface area contributed by atoms with Gasteiger partial charge in [0.15, 0.2) is 6.29 Å². The van der Waals surface area contributed by atoms with Crippen molar-refractivity contribution >= 4 is 5.91 Å². The lowest BCUT2D eigenvalue weighted by molar-refractivity contribution is -0.302. The van der Waals surface area contributed by atoms with E-state index in [4.69, 9.17) is 9.47 Å². The summed E-state index contributed by atoms with van der Waals surface area (Å²) in [5.41, 5.74) is 0. The Hall–Kier alpha value is -1.59. The maximum atomic E-state index is 12.9. The molecule has 0 spiro atoms. The zero-order valence-corrected chi connectivity index (χ0v) is 36.6. The number of aliphatic hydroxyl groups is 5. The molecule has 0 aliphatic carbocycles. The second-order valence-corrected chi connectivity index (χ2v) is 16.5. The van der Waals surface area contributed by atoms with Gasteiger partial charge in [0.05, 0.1) is 25.4 Å². The van der Waals surface area contributed by atoms with Crippen LogP contribution in [0.1, 0.15) is 206 Å². The van der Waals surface area contributed by atoms with E-state index in [0.717, 1.165) is 44.9 Å². The third kappa shape index (κ3) is 29.3. The molecule has 9 nitrogen and oxygen atoms in total. The standard InChI is InChI=1S/C48H89NO8/c1-3-5-7-9-11-13-14-15-16-17-18-19-20-21-22-23-24-25-26-27-28-30-32-34-36-38-44(52)49-41(42(51)37-35-33-31-29-12-10-8-6-4-2)40-56-48-47(55)46(54)45(53)43(39-50)57-48/h18-19,21-22,35,37,41-43,45-48,50-51,53-55H,3-17,20,23-34,36,38-40H2,1-2H3,(H,49,52)/b19-18-,22-21-,37-35+. The lowest BCUT2D eigenvalue weighted by Gasteiger charge is -2.40. The maximum absolute atomic E-state index is 12.9. The predicted octanol–water partition coefficient (Wildman–Crippen LogP) is 10.1. The van der Waals surface area contributed by atoms with Gasteiger partial charge in [0.1, 0.15) is 24.4 Å². The van der Waals surface area contributed by atoms with Crippen molar-refractivity contribution in [3.8, 4) is 0 Å². The molecular formula is C48H89NO8. The van der Waals surface area contributed by atoms with Gasteiger partial charge < -0.3 is 40.3 Å². The average molecular weight is 808 g/mol. The van der Waals surface area contributed by atoms with Crippen LogP contribution < -0.4 is 5.32 Å². The van der Waals surface area contributed by atoms with Gasteiger partial charge >= 0.3 is 0 Å². The van der Waals surface area contributed by atoms with Crippen molar-refractivity contribution in [3.05, 3.63) is 36.5 Å². The summed E-state index contributed by atoms with van der Waals surface area (Å²) < 4.78 is 11.2. The molecule has 0 bridgehead atoms. The minimum Gasteiger partial charge on any atom is -0.394 e. The van der Waals surface area contributed by atoms with Gasteiger partial charge in [-0.05, 0) is 51.4 Å². The van der Waals surface area contributed by atoms with E-state index in [1.54, 1.807) is 6.08 Å². The summed E-state index contributed by atoms with van der Waals surface area (Å²) in [4.78, 5) is 12.9. The number of nitrogens with one attached hydrogen (secondary N) is 1. The number of carbonyl (C=O) groups is 1. The molecule has 0 aromatic heterocycles. The Morgan fingerprint density at radius 2 is 1.04 bits per heavy atom. The van der Waals surface area contributed by atoms with E-state index in [1.807, 2.05) is 6.08 Å². The largest absolute Gasteiger partial charge is 0.394 e. The molecule has 0 aromatic rings. The van der Waals surface area contributed by atoms with Crippen molar-refractivity contribution in [3.63, 3.8) is 0 Å². The van der Waals surface area contributed by atoms with Crippen LogP contribution in [0.5, 0.6) is 0 Å². The third-order valence-electron chi connectivity index (χ3n) is 11.2. The third-order valence-corrected chi connectivity index (χ3v) is 11.2. The second kappa shape index (κ2) is 38.6. The Balaban J connectivity index is 2.22. The highest BCUT2D eigenvalue weighted by Crippen LogP contribution is 2.22. The Bertz CT molecular complexity index is 987. The number of ether oxygens (including phenoxy) is 2. The van der Waals surface area contributed by atoms with Crippen molar-refractivity contribution in [2.45, 2.75) is 249 Å². The molecular weight excluding hydrogens is 719 g/mol. The van der Waals surface area contributed by atoms with Crippen molar-refractivity contribution in [1.82, 2.24) is 5.32 Å². The van der Waals surface area contributed by atoms with E-state index >= 15 is 0 Å². The van der Waals surface area contributed by atoms with Crippen LogP contribution in [0.4, 0.5) is 0 Å². The van der Waals surface area contributed by atoms with Crippen LogP contribution in [0.25, 0.3) is 0 Å². The van der Waals surface area contributed by atoms with E-state index < -0.39 is 49.5 Å². The number of carbonyl (C=O) groups excluding carboxylic acids is 1.